The Morgan fingerprint density at radius 3 is 2.50 bits per heavy atom. The molecular formula is C24H30O6. The Bertz CT molecular complexity index is 948. The van der Waals surface area contributed by atoms with Crippen LogP contribution in [0.25, 0.3) is 0 Å². The van der Waals surface area contributed by atoms with Gasteiger partial charge in [-0.25, -0.2) is 4.79 Å². The van der Waals surface area contributed by atoms with Gasteiger partial charge >= 0.3 is 5.63 Å². The van der Waals surface area contributed by atoms with E-state index < -0.39 is 33.3 Å². The first-order chi connectivity index (χ1) is 14.2. The molecule has 0 radical (unpaired) electrons. The van der Waals surface area contributed by atoms with Gasteiger partial charge in [0.2, 0.25) is 0 Å². The van der Waals surface area contributed by atoms with Crippen LogP contribution in [0.5, 0.6) is 0 Å². The largest absolute Gasteiger partial charge is 0.431 e. The lowest BCUT2D eigenvalue weighted by molar-refractivity contribution is -0.247. The van der Waals surface area contributed by atoms with Gasteiger partial charge in [-0.15, -0.1) is 0 Å². The molecule has 0 aromatic carbocycles. The maximum absolute atomic E-state index is 12.5. The van der Waals surface area contributed by atoms with Crippen molar-refractivity contribution in [2.75, 3.05) is 0 Å². The monoisotopic (exact) mass is 414 g/mol. The normalized spacial score (nSPS) is 49.7. The second-order valence-electron chi connectivity index (χ2n) is 10.3. The Hall–Kier alpha value is -1.76. The number of aliphatic hydroxyl groups is 3. The summed E-state index contributed by atoms with van der Waals surface area (Å²) in [5.74, 6) is -0.314. The maximum atomic E-state index is 12.5. The van der Waals surface area contributed by atoms with Crippen molar-refractivity contribution in [3.8, 4) is 0 Å². The fraction of sp³-hybridized carbons (Fsp3) is 0.667. The van der Waals surface area contributed by atoms with E-state index in [1.54, 1.807) is 12.1 Å². The van der Waals surface area contributed by atoms with E-state index in [2.05, 4.69) is 0 Å². The maximum Gasteiger partial charge on any atom is 0.335 e. The van der Waals surface area contributed by atoms with Gasteiger partial charge in [-0.1, -0.05) is 19.1 Å². The van der Waals surface area contributed by atoms with Gasteiger partial charge in [-0.05, 0) is 69.3 Å². The van der Waals surface area contributed by atoms with Crippen LogP contribution >= 0.6 is 0 Å². The highest BCUT2D eigenvalue weighted by Crippen LogP contribution is 2.71. The Kier molecular flexibility index (Phi) is 4.13. The number of rotatable bonds is 2. The molecule has 1 aromatic heterocycles. The minimum Gasteiger partial charge on any atom is -0.431 e. The molecular weight excluding hydrogens is 384 g/mol. The zero-order valence-electron chi connectivity index (χ0n) is 17.3. The summed E-state index contributed by atoms with van der Waals surface area (Å²) in [5, 5.41) is 35.3. The Labute approximate surface area is 175 Å². The lowest BCUT2D eigenvalue weighted by Crippen LogP contribution is -2.68. The van der Waals surface area contributed by atoms with Gasteiger partial charge in [0, 0.05) is 17.0 Å². The summed E-state index contributed by atoms with van der Waals surface area (Å²) in [5.41, 5.74) is -5.34. The smallest absolute Gasteiger partial charge is 0.335 e. The third kappa shape index (κ3) is 2.15. The highest BCUT2D eigenvalue weighted by atomic mass is 16.4. The van der Waals surface area contributed by atoms with Crippen LogP contribution in [0.2, 0.25) is 0 Å². The van der Waals surface area contributed by atoms with Crippen LogP contribution in [0.4, 0.5) is 0 Å². The molecule has 0 aliphatic heterocycles. The van der Waals surface area contributed by atoms with Crippen LogP contribution in [0.15, 0.2) is 39.8 Å². The first-order valence-corrected chi connectivity index (χ1v) is 11.1. The molecule has 30 heavy (non-hydrogen) atoms. The highest BCUT2D eigenvalue weighted by molar-refractivity contribution is 5.65. The summed E-state index contributed by atoms with van der Waals surface area (Å²) >= 11 is 0. The number of allylic oxidation sites excluding steroid dienone is 1. The van der Waals surface area contributed by atoms with Crippen molar-refractivity contribution in [1.82, 2.24) is 0 Å². The molecule has 0 bridgehead atoms. The average molecular weight is 414 g/mol. The summed E-state index contributed by atoms with van der Waals surface area (Å²) in [4.78, 5) is 23.9. The summed E-state index contributed by atoms with van der Waals surface area (Å²) < 4.78 is 5.03. The number of carbonyl (C=O) groups excluding carboxylic acids is 1. The van der Waals surface area contributed by atoms with Crippen molar-refractivity contribution in [3.63, 3.8) is 0 Å². The molecule has 0 amide bonds. The van der Waals surface area contributed by atoms with Crippen molar-refractivity contribution >= 4 is 6.29 Å². The fourth-order valence-corrected chi connectivity index (χ4v) is 7.81. The number of carbonyl (C=O) groups is 1. The van der Waals surface area contributed by atoms with Crippen LogP contribution in [0.3, 0.4) is 0 Å². The number of hydrogen-bond acceptors (Lipinski definition) is 6. The first kappa shape index (κ1) is 20.2. The first-order valence-electron chi connectivity index (χ1n) is 11.1. The Morgan fingerprint density at radius 1 is 1.03 bits per heavy atom. The summed E-state index contributed by atoms with van der Waals surface area (Å²) in [7, 11) is 0. The molecule has 3 fully saturated rings. The van der Waals surface area contributed by atoms with Crippen LogP contribution in [-0.4, -0.2) is 32.8 Å². The van der Waals surface area contributed by atoms with Crippen LogP contribution < -0.4 is 5.63 Å². The number of fused-ring (bicyclic) bond motifs is 5. The molecule has 6 heteroatoms. The molecule has 0 spiro atoms. The van der Waals surface area contributed by atoms with Gasteiger partial charge in [0.1, 0.15) is 18.2 Å². The molecule has 5 rings (SSSR count). The van der Waals surface area contributed by atoms with E-state index in [4.69, 9.17) is 4.42 Å². The van der Waals surface area contributed by atoms with E-state index in [1.165, 1.54) is 12.3 Å². The third-order valence-electron chi connectivity index (χ3n) is 9.60. The number of aldehydes is 1. The molecule has 0 saturated heterocycles. The van der Waals surface area contributed by atoms with E-state index in [-0.39, 0.29) is 11.8 Å². The highest BCUT2D eigenvalue weighted by Gasteiger charge is 2.74. The van der Waals surface area contributed by atoms with Gasteiger partial charge in [0.05, 0.1) is 16.6 Å². The molecule has 1 aromatic rings. The average Bonchev–Trinajstić information content (AvgIpc) is 2.96. The van der Waals surface area contributed by atoms with Crippen molar-refractivity contribution in [1.29, 1.82) is 0 Å². The topological polar surface area (TPSA) is 108 Å². The van der Waals surface area contributed by atoms with Gasteiger partial charge in [0.15, 0.2) is 0 Å². The van der Waals surface area contributed by atoms with Gasteiger partial charge < -0.3 is 24.5 Å². The van der Waals surface area contributed by atoms with Crippen LogP contribution in [0, 0.1) is 22.7 Å². The van der Waals surface area contributed by atoms with Gasteiger partial charge in [0.25, 0.3) is 0 Å². The molecule has 7 atom stereocenters. The lowest BCUT2D eigenvalue weighted by Gasteiger charge is -2.64. The second-order valence-corrected chi connectivity index (χ2v) is 10.3. The quantitative estimate of drug-likeness (QED) is 0.507. The van der Waals surface area contributed by atoms with Crippen molar-refractivity contribution < 1.29 is 24.5 Å². The van der Waals surface area contributed by atoms with Crippen molar-refractivity contribution in [3.05, 3.63) is 46.5 Å². The minimum absolute atomic E-state index is 0.132. The Balaban J connectivity index is 1.59. The molecule has 1 heterocycles. The van der Waals surface area contributed by atoms with E-state index >= 15 is 0 Å². The standard InChI is InChI=1S/C24H30O6/c1-20-10-6-17-18(7-11-22(27)9-3-2-8-21(17,22)15-25)24(20,29)13-12-23(20,28)16-4-5-19(26)30-14-16/h3-5,9,14-15,17-18,27-29H,2,6-8,10-13H2,1H3/t17-,18-,20+,21-,22+,23+,24-/m0/s1. The third-order valence-corrected chi connectivity index (χ3v) is 9.60. The number of hydrogen-bond donors (Lipinski definition) is 3. The molecule has 4 aliphatic carbocycles. The summed E-state index contributed by atoms with van der Waals surface area (Å²) in [6.07, 6.45) is 10.3. The van der Waals surface area contributed by atoms with E-state index in [0.29, 0.717) is 50.5 Å². The molecule has 0 unspecified atom stereocenters. The molecule has 3 N–H and O–H groups in total. The molecule has 162 valence electrons. The van der Waals surface area contributed by atoms with Crippen molar-refractivity contribution in [2.24, 2.45) is 22.7 Å². The van der Waals surface area contributed by atoms with Crippen LogP contribution in [0.1, 0.15) is 63.9 Å². The predicted octanol–water partition coefficient (Wildman–Crippen LogP) is 2.45. The lowest BCUT2D eigenvalue weighted by atomic mass is 9.42. The zero-order chi connectivity index (χ0) is 21.4. The predicted molar refractivity (Wildman–Crippen MR) is 108 cm³/mol. The zero-order valence-corrected chi connectivity index (χ0v) is 17.3. The van der Waals surface area contributed by atoms with Crippen molar-refractivity contribution in [2.45, 2.75) is 75.1 Å². The van der Waals surface area contributed by atoms with Gasteiger partial charge in [-0.2, -0.15) is 0 Å². The minimum atomic E-state index is -1.32. The van der Waals surface area contributed by atoms with E-state index in [0.717, 1.165) is 12.7 Å². The Morgan fingerprint density at radius 2 is 1.80 bits per heavy atom. The summed E-state index contributed by atoms with van der Waals surface area (Å²) in [6.45, 7) is 1.93. The fourth-order valence-electron chi connectivity index (χ4n) is 7.81. The SMILES string of the molecule is C[C@]12CC[C@H]3[C@H](CC[C@]4(O)C=CCC[C@]34C=O)[C@@]1(O)CC[C@@]2(O)c1ccc(=O)oc1. The second kappa shape index (κ2) is 6.15. The molecule has 3 saturated carbocycles. The molecule has 4 aliphatic rings. The van der Waals surface area contributed by atoms with Gasteiger partial charge in [-0.3, -0.25) is 0 Å². The van der Waals surface area contributed by atoms with Crippen LogP contribution in [-0.2, 0) is 10.4 Å². The van der Waals surface area contributed by atoms with E-state index in [1.807, 2.05) is 13.0 Å². The van der Waals surface area contributed by atoms with E-state index in [9.17, 15) is 24.9 Å². The molecule has 6 nitrogen and oxygen atoms in total. The summed E-state index contributed by atoms with van der Waals surface area (Å²) in [6, 6.07) is 2.89.